The van der Waals surface area contributed by atoms with Gasteiger partial charge in [0.1, 0.15) is 12.4 Å². The van der Waals surface area contributed by atoms with Crippen LogP contribution in [0.15, 0.2) is 17.0 Å². The third-order valence-corrected chi connectivity index (χ3v) is 10.3. The Morgan fingerprint density at radius 3 is 2.42 bits per heavy atom. The van der Waals surface area contributed by atoms with Crippen molar-refractivity contribution in [3.05, 3.63) is 23.3 Å². The molecule has 2 fully saturated rings. The van der Waals surface area contributed by atoms with E-state index in [-0.39, 0.29) is 31.2 Å². The lowest BCUT2D eigenvalue weighted by Gasteiger charge is -2.37. The third kappa shape index (κ3) is 7.14. The molecule has 1 atom stereocenters. The van der Waals surface area contributed by atoms with Crippen molar-refractivity contribution in [2.24, 2.45) is 0 Å². The molecule has 2 aliphatic rings. The van der Waals surface area contributed by atoms with Crippen LogP contribution in [0.3, 0.4) is 0 Å². The van der Waals surface area contributed by atoms with Gasteiger partial charge in [0.15, 0.2) is 0 Å². The van der Waals surface area contributed by atoms with Gasteiger partial charge in [-0.3, -0.25) is 4.79 Å². The van der Waals surface area contributed by atoms with Crippen LogP contribution >= 0.6 is 11.8 Å². The molecule has 2 saturated heterocycles. The van der Waals surface area contributed by atoms with E-state index in [1.165, 1.54) is 0 Å². The van der Waals surface area contributed by atoms with Crippen molar-refractivity contribution in [1.29, 1.82) is 0 Å². The molecule has 0 bridgehead atoms. The van der Waals surface area contributed by atoms with Gasteiger partial charge in [0.05, 0.1) is 31.3 Å². The van der Waals surface area contributed by atoms with Gasteiger partial charge in [0.25, 0.3) is 0 Å². The Labute approximate surface area is 220 Å². The molecule has 11 heteroatoms. The highest BCUT2D eigenvalue weighted by atomic mass is 32.2. The van der Waals surface area contributed by atoms with E-state index in [4.69, 9.17) is 14.2 Å². The van der Waals surface area contributed by atoms with Gasteiger partial charge in [-0.05, 0) is 70.1 Å². The van der Waals surface area contributed by atoms with Gasteiger partial charge in [0, 0.05) is 37.7 Å². The van der Waals surface area contributed by atoms with E-state index in [1.807, 2.05) is 4.90 Å². The number of hydrogen-bond donors (Lipinski definition) is 0. The lowest BCUT2D eigenvalue weighted by atomic mass is 10.0. The van der Waals surface area contributed by atoms with Gasteiger partial charge >= 0.3 is 0 Å². The first kappa shape index (κ1) is 29.2. The van der Waals surface area contributed by atoms with Gasteiger partial charge < -0.3 is 24.0 Å². The van der Waals surface area contributed by atoms with E-state index >= 15 is 0 Å². The molecule has 2 heterocycles. The van der Waals surface area contributed by atoms with Crippen LogP contribution < -0.4 is 4.74 Å². The second-order valence-corrected chi connectivity index (χ2v) is 12.5. The van der Waals surface area contributed by atoms with E-state index in [9.17, 15) is 13.2 Å². The second-order valence-electron chi connectivity index (χ2n) is 9.56. The quantitative estimate of drug-likeness (QED) is 0.419. The number of ether oxygens (including phenoxy) is 3. The Bertz CT molecular complexity index is 959. The minimum Gasteiger partial charge on any atom is -0.497 e. The number of likely N-dealkylation sites (tertiary alicyclic amines) is 1. The van der Waals surface area contributed by atoms with Crippen LogP contribution in [-0.4, -0.2) is 119 Å². The molecule has 0 saturated carbocycles. The van der Waals surface area contributed by atoms with Crippen molar-refractivity contribution >= 4 is 27.7 Å². The topological polar surface area (TPSA) is 88.6 Å². The largest absolute Gasteiger partial charge is 0.497 e. The molecule has 0 N–H and O–H groups in total. The number of carbonyl (C=O) groups is 1. The molecule has 1 unspecified atom stereocenters. The first-order chi connectivity index (χ1) is 17.2. The van der Waals surface area contributed by atoms with Gasteiger partial charge in [-0.1, -0.05) is 0 Å². The summed E-state index contributed by atoms with van der Waals surface area (Å²) in [6, 6.07) is 3.34. The summed E-state index contributed by atoms with van der Waals surface area (Å²) in [5.74, 6) is 1.92. The van der Waals surface area contributed by atoms with Crippen LogP contribution in [0.2, 0.25) is 0 Å². The van der Waals surface area contributed by atoms with E-state index < -0.39 is 10.0 Å². The number of sulfonamides is 1. The molecule has 204 valence electrons. The van der Waals surface area contributed by atoms with Gasteiger partial charge in [-0.25, -0.2) is 8.42 Å². The van der Waals surface area contributed by atoms with Crippen molar-refractivity contribution in [2.75, 3.05) is 78.8 Å². The number of piperidine rings is 1. The number of hydrogen-bond acceptors (Lipinski definition) is 8. The second kappa shape index (κ2) is 13.4. The number of thioether (sulfide) groups is 1. The van der Waals surface area contributed by atoms with E-state index in [1.54, 1.807) is 56.3 Å². The van der Waals surface area contributed by atoms with Gasteiger partial charge in [-0.15, -0.1) is 0 Å². The number of methoxy groups -OCH3 is 2. The van der Waals surface area contributed by atoms with Crippen molar-refractivity contribution in [2.45, 2.75) is 43.7 Å². The van der Waals surface area contributed by atoms with E-state index in [0.29, 0.717) is 47.2 Å². The predicted molar refractivity (Wildman–Crippen MR) is 142 cm³/mol. The van der Waals surface area contributed by atoms with Gasteiger partial charge in [0.2, 0.25) is 15.9 Å². The summed E-state index contributed by atoms with van der Waals surface area (Å²) >= 11 is 1.71. The fourth-order valence-electron chi connectivity index (χ4n) is 5.01. The molecule has 3 rings (SSSR count). The number of amides is 1. The van der Waals surface area contributed by atoms with Crippen molar-refractivity contribution in [1.82, 2.24) is 14.1 Å². The number of carbonyl (C=O) groups excluding carboxylic acids is 1. The van der Waals surface area contributed by atoms with Crippen molar-refractivity contribution in [3.8, 4) is 5.75 Å². The zero-order valence-electron chi connectivity index (χ0n) is 22.2. The van der Waals surface area contributed by atoms with Gasteiger partial charge in [-0.2, -0.15) is 16.1 Å². The van der Waals surface area contributed by atoms with Crippen molar-refractivity contribution in [3.63, 3.8) is 0 Å². The number of aryl methyl sites for hydroxylation is 2. The molecule has 0 radical (unpaired) electrons. The highest BCUT2D eigenvalue weighted by Crippen LogP contribution is 2.31. The molecule has 36 heavy (non-hydrogen) atoms. The fourth-order valence-corrected chi connectivity index (χ4v) is 8.29. The molecule has 1 aromatic carbocycles. The molecule has 2 aliphatic heterocycles. The lowest BCUT2D eigenvalue weighted by Crippen LogP contribution is -2.50. The molecule has 0 aromatic heterocycles. The van der Waals surface area contributed by atoms with Crippen LogP contribution in [-0.2, 0) is 24.3 Å². The summed E-state index contributed by atoms with van der Waals surface area (Å²) < 4.78 is 45.4. The van der Waals surface area contributed by atoms with Crippen LogP contribution in [0.5, 0.6) is 5.75 Å². The van der Waals surface area contributed by atoms with Crippen LogP contribution in [0.1, 0.15) is 24.0 Å². The maximum Gasteiger partial charge on any atom is 0.248 e. The molecule has 1 aromatic rings. The van der Waals surface area contributed by atoms with Crippen LogP contribution in [0, 0.1) is 13.8 Å². The average Bonchev–Trinajstić information content (AvgIpc) is 2.85. The zero-order chi connectivity index (χ0) is 26.3. The first-order valence-electron chi connectivity index (χ1n) is 12.5. The summed E-state index contributed by atoms with van der Waals surface area (Å²) in [4.78, 5) is 17.6. The number of benzene rings is 1. The predicted octanol–water partition coefficient (Wildman–Crippen LogP) is 2.00. The summed E-state index contributed by atoms with van der Waals surface area (Å²) in [5, 5.41) is 0. The summed E-state index contributed by atoms with van der Waals surface area (Å²) in [6.07, 6.45) is 1.86. The van der Waals surface area contributed by atoms with Crippen molar-refractivity contribution < 1.29 is 27.4 Å². The summed E-state index contributed by atoms with van der Waals surface area (Å²) in [6.45, 7) is 7.04. The van der Waals surface area contributed by atoms with E-state index in [0.717, 1.165) is 31.7 Å². The Morgan fingerprint density at radius 2 is 1.81 bits per heavy atom. The first-order valence-corrected chi connectivity index (χ1v) is 15.1. The number of nitrogens with zero attached hydrogens (tertiary/aromatic N) is 3. The Balaban J connectivity index is 1.67. The minimum atomic E-state index is -3.73. The highest BCUT2D eigenvalue weighted by molar-refractivity contribution is 7.99. The zero-order valence-corrected chi connectivity index (χ0v) is 23.8. The Morgan fingerprint density at radius 1 is 1.14 bits per heavy atom. The maximum absolute atomic E-state index is 13.7. The monoisotopic (exact) mass is 543 g/mol. The van der Waals surface area contributed by atoms with Crippen LogP contribution in [0.25, 0.3) is 0 Å². The molecule has 0 aliphatic carbocycles. The standard InChI is InChI=1S/C25H41N3O6S2/c1-19-14-23(33-5)15-20(2)25(19)36(30,31)28-11-13-35-18-22(28)16-34-17-24(29)27(10-12-32-4)21-6-8-26(3)9-7-21/h14-15,21-22H,6-13,16-18H2,1-5H3. The third-order valence-electron chi connectivity index (χ3n) is 6.93. The molecule has 9 nitrogen and oxygen atoms in total. The summed E-state index contributed by atoms with van der Waals surface area (Å²) in [7, 11) is 1.57. The molecule has 0 spiro atoms. The fraction of sp³-hybridized carbons (Fsp3) is 0.720. The average molecular weight is 544 g/mol. The molecule has 1 amide bonds. The van der Waals surface area contributed by atoms with E-state index in [2.05, 4.69) is 11.9 Å². The van der Waals surface area contributed by atoms with Crippen LogP contribution in [0.4, 0.5) is 0 Å². The summed E-state index contributed by atoms with van der Waals surface area (Å²) in [5.41, 5.74) is 1.32. The smallest absolute Gasteiger partial charge is 0.248 e. The molecular formula is C25H41N3O6S2. The maximum atomic E-state index is 13.7. The minimum absolute atomic E-state index is 0.0638. The normalized spacial score (nSPS) is 20.4. The SMILES string of the molecule is COCCN(C(=O)COCC1CSCCN1S(=O)(=O)c1c(C)cc(OC)cc1C)C1CCN(C)CC1. The highest BCUT2D eigenvalue weighted by Gasteiger charge is 2.36. The lowest BCUT2D eigenvalue weighted by molar-refractivity contribution is -0.140. The Kier molecular flexibility index (Phi) is 10.9. The Hall–Kier alpha value is -1.37. The number of rotatable bonds is 11. The molecular weight excluding hydrogens is 502 g/mol.